The van der Waals surface area contributed by atoms with Gasteiger partial charge in [0.2, 0.25) is 0 Å². The Balaban J connectivity index is 2.76. The van der Waals surface area contributed by atoms with Gasteiger partial charge in [-0.2, -0.15) is 12.7 Å². The first-order valence-electron chi connectivity index (χ1n) is 6.02. The van der Waals surface area contributed by atoms with Crippen LogP contribution in [0.15, 0.2) is 22.7 Å². The lowest BCUT2D eigenvalue weighted by atomic mass is 10.2. The van der Waals surface area contributed by atoms with E-state index in [4.69, 9.17) is 0 Å². The second-order valence-electron chi connectivity index (χ2n) is 4.30. The van der Waals surface area contributed by atoms with Crippen molar-refractivity contribution in [3.8, 4) is 0 Å². The minimum Gasteiger partial charge on any atom is -0.320 e. The topological polar surface area (TPSA) is 61.4 Å². The monoisotopic (exact) mass is 349 g/mol. The van der Waals surface area contributed by atoms with Crippen LogP contribution in [0.1, 0.15) is 12.0 Å². The fourth-order valence-electron chi connectivity index (χ4n) is 1.53. The molecule has 0 amide bonds. The van der Waals surface area contributed by atoms with E-state index in [1.807, 2.05) is 20.0 Å². The molecule has 2 N–H and O–H groups in total. The number of hydrogen-bond acceptors (Lipinski definition) is 3. The molecule has 0 unspecified atom stereocenters. The molecule has 0 radical (unpaired) electrons. The van der Waals surface area contributed by atoms with E-state index in [1.165, 1.54) is 4.31 Å². The van der Waals surface area contributed by atoms with Crippen molar-refractivity contribution in [2.75, 3.05) is 31.9 Å². The Labute approximate surface area is 123 Å². The molecule has 0 bridgehead atoms. The Morgan fingerprint density at radius 2 is 2.05 bits per heavy atom. The molecule has 5 nitrogen and oxygen atoms in total. The molecule has 0 aliphatic heterocycles. The molecule has 0 aliphatic rings. The van der Waals surface area contributed by atoms with Crippen molar-refractivity contribution < 1.29 is 8.42 Å². The molecule has 1 rings (SSSR count). The van der Waals surface area contributed by atoms with E-state index in [2.05, 4.69) is 26.0 Å². The molecule has 0 spiro atoms. The van der Waals surface area contributed by atoms with Gasteiger partial charge in [0.15, 0.2) is 0 Å². The Kier molecular flexibility index (Phi) is 6.25. The summed E-state index contributed by atoms with van der Waals surface area (Å²) in [5.41, 5.74) is 1.46. The van der Waals surface area contributed by atoms with Crippen molar-refractivity contribution in [3.05, 3.63) is 28.2 Å². The molecule has 7 heteroatoms. The van der Waals surface area contributed by atoms with E-state index >= 15 is 0 Å². The zero-order valence-corrected chi connectivity index (χ0v) is 13.8. The lowest BCUT2D eigenvalue weighted by Crippen LogP contribution is -2.34. The summed E-state index contributed by atoms with van der Waals surface area (Å²) >= 11 is 3.39. The molecule has 1 aromatic carbocycles. The number of hydrogen-bond donors (Lipinski definition) is 2. The Bertz CT molecular complexity index is 520. The quantitative estimate of drug-likeness (QED) is 0.739. The highest BCUT2D eigenvalue weighted by Crippen LogP contribution is 2.24. The maximum atomic E-state index is 12.1. The maximum Gasteiger partial charge on any atom is 0.301 e. The van der Waals surface area contributed by atoms with Crippen molar-refractivity contribution in [1.29, 1.82) is 0 Å². The van der Waals surface area contributed by atoms with Gasteiger partial charge in [0.1, 0.15) is 0 Å². The highest BCUT2D eigenvalue weighted by Gasteiger charge is 2.18. The van der Waals surface area contributed by atoms with Crippen molar-refractivity contribution >= 4 is 31.8 Å². The van der Waals surface area contributed by atoms with Crippen LogP contribution in [-0.4, -0.2) is 39.9 Å². The second-order valence-corrected chi connectivity index (χ2v) is 6.93. The maximum absolute atomic E-state index is 12.1. The minimum absolute atomic E-state index is 0.475. The van der Waals surface area contributed by atoms with Crippen LogP contribution >= 0.6 is 15.9 Å². The number of nitrogens with one attached hydrogen (secondary N) is 2. The molecule has 0 heterocycles. The van der Waals surface area contributed by atoms with Gasteiger partial charge in [-0.05, 0) is 44.6 Å². The number of nitrogens with zero attached hydrogens (tertiary/aromatic N) is 1. The predicted octanol–water partition coefficient (Wildman–Crippen LogP) is 1.96. The van der Waals surface area contributed by atoms with Gasteiger partial charge in [0.25, 0.3) is 0 Å². The van der Waals surface area contributed by atoms with Gasteiger partial charge in [-0.15, -0.1) is 0 Å². The van der Waals surface area contributed by atoms with E-state index in [0.717, 1.165) is 23.0 Å². The molecule has 0 aliphatic carbocycles. The fourth-order valence-corrected chi connectivity index (χ4v) is 2.92. The summed E-state index contributed by atoms with van der Waals surface area (Å²) in [6.07, 6.45) is 0.769. The van der Waals surface area contributed by atoms with Crippen molar-refractivity contribution in [2.45, 2.75) is 13.3 Å². The van der Waals surface area contributed by atoms with Crippen molar-refractivity contribution in [1.82, 2.24) is 9.62 Å². The summed E-state index contributed by atoms with van der Waals surface area (Å²) in [5.74, 6) is 0. The van der Waals surface area contributed by atoms with Crippen LogP contribution in [0.2, 0.25) is 0 Å². The van der Waals surface area contributed by atoms with Crippen LogP contribution in [-0.2, 0) is 10.2 Å². The molecular formula is C12H20BrN3O2S. The van der Waals surface area contributed by atoms with Gasteiger partial charge >= 0.3 is 10.2 Å². The number of benzene rings is 1. The third-order valence-electron chi connectivity index (χ3n) is 2.82. The summed E-state index contributed by atoms with van der Waals surface area (Å²) < 4.78 is 29.1. The molecule has 0 saturated heterocycles. The van der Waals surface area contributed by atoms with Crippen molar-refractivity contribution in [3.63, 3.8) is 0 Å². The summed E-state index contributed by atoms with van der Waals surface area (Å²) in [6.45, 7) is 3.13. The first-order chi connectivity index (χ1) is 8.88. The number of halogens is 1. The van der Waals surface area contributed by atoms with Gasteiger partial charge in [-0.3, -0.25) is 4.72 Å². The Morgan fingerprint density at radius 1 is 1.37 bits per heavy atom. The summed E-state index contributed by atoms with van der Waals surface area (Å²) in [6, 6.07) is 5.43. The molecule has 0 fully saturated rings. The van der Waals surface area contributed by atoms with E-state index in [0.29, 0.717) is 12.2 Å². The first-order valence-corrected chi connectivity index (χ1v) is 8.25. The SMILES string of the molecule is CNCCCN(C)S(=O)(=O)Nc1cccc(Br)c1C. The molecule has 0 saturated carbocycles. The average Bonchev–Trinajstić information content (AvgIpc) is 2.35. The van der Waals surface area contributed by atoms with E-state index in [1.54, 1.807) is 19.2 Å². The highest BCUT2D eigenvalue weighted by molar-refractivity contribution is 9.10. The van der Waals surface area contributed by atoms with Gasteiger partial charge < -0.3 is 5.32 Å². The second kappa shape index (κ2) is 7.23. The number of anilines is 1. The van der Waals surface area contributed by atoms with Crippen LogP contribution in [0.4, 0.5) is 5.69 Å². The van der Waals surface area contributed by atoms with Crippen LogP contribution in [0.3, 0.4) is 0 Å². The van der Waals surface area contributed by atoms with Gasteiger partial charge in [0.05, 0.1) is 5.69 Å². The summed E-state index contributed by atoms with van der Waals surface area (Å²) in [5, 5.41) is 2.99. The predicted molar refractivity (Wildman–Crippen MR) is 82.6 cm³/mol. The fraction of sp³-hybridized carbons (Fsp3) is 0.500. The van der Waals surface area contributed by atoms with E-state index in [9.17, 15) is 8.42 Å². The zero-order valence-electron chi connectivity index (χ0n) is 11.4. The third-order valence-corrected chi connectivity index (χ3v) is 5.16. The Hall–Kier alpha value is -0.630. The lowest BCUT2D eigenvalue weighted by molar-refractivity contribution is 0.462. The zero-order chi connectivity index (χ0) is 14.5. The molecule has 19 heavy (non-hydrogen) atoms. The third kappa shape index (κ3) is 4.76. The van der Waals surface area contributed by atoms with Gasteiger partial charge in [-0.1, -0.05) is 22.0 Å². The normalized spacial score (nSPS) is 11.8. The molecule has 0 atom stereocenters. The Morgan fingerprint density at radius 3 is 2.68 bits per heavy atom. The number of rotatable bonds is 7. The van der Waals surface area contributed by atoms with E-state index in [-0.39, 0.29) is 0 Å². The van der Waals surface area contributed by atoms with Crippen LogP contribution < -0.4 is 10.0 Å². The molecule has 0 aromatic heterocycles. The minimum atomic E-state index is -3.50. The van der Waals surface area contributed by atoms with Crippen molar-refractivity contribution in [2.24, 2.45) is 0 Å². The van der Waals surface area contributed by atoms with Crippen LogP contribution in [0.5, 0.6) is 0 Å². The largest absolute Gasteiger partial charge is 0.320 e. The van der Waals surface area contributed by atoms with Gasteiger partial charge in [0, 0.05) is 18.1 Å². The van der Waals surface area contributed by atoms with Gasteiger partial charge in [-0.25, -0.2) is 0 Å². The molecular weight excluding hydrogens is 330 g/mol. The summed E-state index contributed by atoms with van der Waals surface area (Å²) in [4.78, 5) is 0. The first kappa shape index (κ1) is 16.4. The van der Waals surface area contributed by atoms with Crippen LogP contribution in [0.25, 0.3) is 0 Å². The standard InChI is InChI=1S/C12H20BrN3O2S/c1-10-11(13)6-4-7-12(10)15-19(17,18)16(3)9-5-8-14-2/h4,6-7,14-15H,5,8-9H2,1-3H3. The smallest absolute Gasteiger partial charge is 0.301 e. The highest BCUT2D eigenvalue weighted by atomic mass is 79.9. The van der Waals surface area contributed by atoms with Crippen LogP contribution in [0, 0.1) is 6.92 Å². The lowest BCUT2D eigenvalue weighted by Gasteiger charge is -2.19. The van der Waals surface area contributed by atoms with E-state index < -0.39 is 10.2 Å². The molecule has 108 valence electrons. The molecule has 1 aromatic rings. The summed E-state index contributed by atoms with van der Waals surface area (Å²) in [7, 11) is -0.0788. The average molecular weight is 350 g/mol.